The molecule has 4 N–H and O–H groups in total. The van der Waals surface area contributed by atoms with Gasteiger partial charge in [-0.05, 0) is 48.9 Å². The second-order valence-corrected chi connectivity index (χ2v) is 9.89. The van der Waals surface area contributed by atoms with Crippen molar-refractivity contribution in [3.8, 4) is 23.7 Å². The van der Waals surface area contributed by atoms with E-state index in [-0.39, 0.29) is 38.0 Å². The fourth-order valence-corrected chi connectivity index (χ4v) is 4.08. The number of carbonyl (C=O) groups excluding carboxylic acids is 4. The van der Waals surface area contributed by atoms with Crippen LogP contribution in [0.3, 0.4) is 0 Å². The molecule has 14 heteroatoms. The van der Waals surface area contributed by atoms with Crippen LogP contribution >= 0.6 is 0 Å². The Morgan fingerprint density at radius 2 is 1.09 bits per heavy atom. The molecule has 0 radical (unpaired) electrons. The second kappa shape index (κ2) is 18.1. The van der Waals surface area contributed by atoms with Gasteiger partial charge in [0, 0.05) is 24.2 Å². The Balaban J connectivity index is 1.56. The highest BCUT2D eigenvalue weighted by Crippen LogP contribution is 2.07. The summed E-state index contributed by atoms with van der Waals surface area (Å²) in [4.78, 5) is 65.7. The van der Waals surface area contributed by atoms with E-state index in [1.165, 1.54) is 14.2 Å². The Kier molecular flexibility index (Phi) is 13.7. The Bertz CT molecular complexity index is 1490. The van der Waals surface area contributed by atoms with Gasteiger partial charge in [-0.3, -0.25) is 9.59 Å². The minimum Gasteiger partial charge on any atom is -0.453 e. The first kappa shape index (κ1) is 34.7. The molecule has 14 nitrogen and oxygen atoms in total. The maximum Gasteiger partial charge on any atom is 0.407 e. The SMILES string of the molecule is CCCN(Cc1ncc(C#Cc2ccc(C#Cc3cnc(CN(CCC)C(=O)CNC(=O)OC)[nH]3)cc2)[nH]1)C(=O)CNC(=O)OC. The molecule has 46 heavy (non-hydrogen) atoms. The summed E-state index contributed by atoms with van der Waals surface area (Å²) in [5, 5.41) is 4.80. The van der Waals surface area contributed by atoms with Gasteiger partial charge in [0.1, 0.15) is 36.1 Å². The molecule has 3 aromatic rings. The van der Waals surface area contributed by atoms with Gasteiger partial charge < -0.3 is 39.9 Å². The van der Waals surface area contributed by atoms with E-state index in [4.69, 9.17) is 0 Å². The summed E-state index contributed by atoms with van der Waals surface area (Å²) in [7, 11) is 2.48. The average molecular weight is 631 g/mol. The average Bonchev–Trinajstić information content (AvgIpc) is 3.72. The topological polar surface area (TPSA) is 175 Å². The number of amides is 4. The van der Waals surface area contributed by atoms with Gasteiger partial charge in [0.15, 0.2) is 0 Å². The number of H-pyrrole nitrogens is 2. The summed E-state index contributed by atoms with van der Waals surface area (Å²) < 4.78 is 9.03. The highest BCUT2D eigenvalue weighted by Gasteiger charge is 2.17. The Labute approximate surface area is 267 Å². The summed E-state index contributed by atoms with van der Waals surface area (Å²) in [5.41, 5.74) is 2.77. The smallest absolute Gasteiger partial charge is 0.407 e. The van der Waals surface area contributed by atoms with Gasteiger partial charge in [0.05, 0.1) is 39.7 Å². The number of rotatable bonds is 12. The number of nitrogens with one attached hydrogen (secondary N) is 4. The van der Waals surface area contributed by atoms with Crippen molar-refractivity contribution in [3.05, 3.63) is 70.8 Å². The van der Waals surface area contributed by atoms with Crippen LogP contribution in [0.25, 0.3) is 0 Å². The minimum absolute atomic E-state index is 0.164. The van der Waals surface area contributed by atoms with E-state index in [1.807, 2.05) is 38.1 Å². The van der Waals surface area contributed by atoms with E-state index in [2.05, 4.69) is 63.7 Å². The van der Waals surface area contributed by atoms with Crippen molar-refractivity contribution in [1.82, 2.24) is 40.4 Å². The molecule has 0 fully saturated rings. The predicted molar refractivity (Wildman–Crippen MR) is 168 cm³/mol. The van der Waals surface area contributed by atoms with Crippen molar-refractivity contribution >= 4 is 24.0 Å². The van der Waals surface area contributed by atoms with Gasteiger partial charge in [-0.2, -0.15) is 0 Å². The zero-order valence-electron chi connectivity index (χ0n) is 26.4. The summed E-state index contributed by atoms with van der Waals surface area (Å²) in [5.74, 6) is 12.9. The molecule has 1 aromatic carbocycles. The van der Waals surface area contributed by atoms with Gasteiger partial charge in [-0.1, -0.05) is 25.7 Å². The van der Waals surface area contributed by atoms with E-state index in [9.17, 15) is 19.2 Å². The number of benzene rings is 1. The first-order valence-electron chi connectivity index (χ1n) is 14.7. The van der Waals surface area contributed by atoms with Gasteiger partial charge in [-0.25, -0.2) is 19.6 Å². The van der Waals surface area contributed by atoms with Crippen LogP contribution in [0, 0.1) is 23.7 Å². The Hall–Kier alpha value is -5.76. The zero-order chi connectivity index (χ0) is 33.3. The minimum atomic E-state index is -0.665. The lowest BCUT2D eigenvalue weighted by molar-refractivity contribution is -0.131. The van der Waals surface area contributed by atoms with E-state index < -0.39 is 12.2 Å². The summed E-state index contributed by atoms with van der Waals surface area (Å²) >= 11 is 0. The molecule has 3 rings (SSSR count). The maximum atomic E-state index is 12.5. The molecule has 0 saturated carbocycles. The number of imidazole rings is 2. The van der Waals surface area contributed by atoms with Crippen LogP contribution in [0.2, 0.25) is 0 Å². The molecule has 0 aliphatic rings. The lowest BCUT2D eigenvalue weighted by Crippen LogP contribution is -2.40. The quantitative estimate of drug-likeness (QED) is 0.220. The molecule has 4 amide bonds. The third-order valence-electron chi connectivity index (χ3n) is 6.34. The molecule has 0 aliphatic heterocycles. The fourth-order valence-electron chi connectivity index (χ4n) is 4.08. The normalized spacial score (nSPS) is 10.0. The van der Waals surface area contributed by atoms with Gasteiger partial charge in [0.25, 0.3) is 0 Å². The van der Waals surface area contributed by atoms with Crippen LogP contribution < -0.4 is 10.6 Å². The van der Waals surface area contributed by atoms with Crippen molar-refractivity contribution in [2.24, 2.45) is 0 Å². The highest BCUT2D eigenvalue weighted by molar-refractivity contribution is 5.82. The molecule has 242 valence electrons. The Morgan fingerprint density at radius 1 is 0.696 bits per heavy atom. The number of carbonyl (C=O) groups is 4. The first-order valence-corrected chi connectivity index (χ1v) is 14.7. The van der Waals surface area contributed by atoms with Crippen molar-refractivity contribution in [3.63, 3.8) is 0 Å². The molecule has 0 unspecified atom stereocenters. The van der Waals surface area contributed by atoms with Crippen LogP contribution in [0.4, 0.5) is 9.59 Å². The highest BCUT2D eigenvalue weighted by atomic mass is 16.5. The standard InChI is InChI=1S/C32H38N8O6/c1-5-15-39(29(41)19-35-31(43)45-3)21-27-33-17-25(37-27)13-11-23-7-9-24(10-8-23)12-14-26-18-34-28(38-26)22-40(16-6-2)30(42)20-36-32(44)46-4/h7-10,17-18H,5-6,15-16,19-22H2,1-4H3,(H,33,37)(H,34,38)(H,35,43)(H,36,44). The number of hydrogen-bond acceptors (Lipinski definition) is 8. The van der Waals surface area contributed by atoms with Gasteiger partial charge in [-0.15, -0.1) is 0 Å². The number of aromatic amines is 2. The summed E-state index contributed by atoms with van der Waals surface area (Å²) in [6.45, 7) is 5.12. The van der Waals surface area contributed by atoms with Crippen molar-refractivity contribution in [1.29, 1.82) is 0 Å². The third-order valence-corrected chi connectivity index (χ3v) is 6.34. The largest absolute Gasteiger partial charge is 0.453 e. The number of alkyl carbamates (subject to hydrolysis) is 2. The monoisotopic (exact) mass is 630 g/mol. The lowest BCUT2D eigenvalue weighted by Gasteiger charge is -2.21. The molecule has 2 heterocycles. The molecular formula is C32H38N8O6. The van der Waals surface area contributed by atoms with Gasteiger partial charge in [0.2, 0.25) is 11.8 Å². The van der Waals surface area contributed by atoms with Crippen LogP contribution in [-0.4, -0.2) is 94.1 Å². The van der Waals surface area contributed by atoms with Crippen LogP contribution in [0.15, 0.2) is 36.7 Å². The third kappa shape index (κ3) is 11.4. The second-order valence-electron chi connectivity index (χ2n) is 9.89. The number of aromatic nitrogens is 4. The van der Waals surface area contributed by atoms with Crippen LogP contribution in [-0.2, 0) is 32.2 Å². The van der Waals surface area contributed by atoms with Crippen molar-refractivity contribution in [2.75, 3.05) is 40.4 Å². The Morgan fingerprint density at radius 3 is 1.43 bits per heavy atom. The number of hydrogen-bond donors (Lipinski definition) is 4. The number of methoxy groups -OCH3 is 2. The van der Waals surface area contributed by atoms with E-state index in [1.54, 1.807) is 22.2 Å². The van der Waals surface area contributed by atoms with E-state index >= 15 is 0 Å². The number of nitrogens with zero attached hydrogens (tertiary/aromatic N) is 4. The predicted octanol–water partition coefficient (Wildman–Crippen LogP) is 2.12. The summed E-state index contributed by atoms with van der Waals surface area (Å²) in [6, 6.07) is 7.44. The molecule has 0 atom stereocenters. The van der Waals surface area contributed by atoms with Crippen LogP contribution in [0.5, 0.6) is 0 Å². The van der Waals surface area contributed by atoms with Crippen molar-refractivity contribution < 1.29 is 28.7 Å². The van der Waals surface area contributed by atoms with Crippen LogP contribution in [0.1, 0.15) is 60.9 Å². The molecule has 0 bridgehead atoms. The van der Waals surface area contributed by atoms with Crippen molar-refractivity contribution in [2.45, 2.75) is 39.8 Å². The zero-order valence-corrected chi connectivity index (χ0v) is 26.4. The molecule has 0 aliphatic carbocycles. The maximum absolute atomic E-state index is 12.5. The summed E-state index contributed by atoms with van der Waals surface area (Å²) in [6.07, 6.45) is 3.39. The first-order chi connectivity index (χ1) is 22.2. The molecule has 0 spiro atoms. The molecular weight excluding hydrogens is 592 g/mol. The van der Waals surface area contributed by atoms with Gasteiger partial charge >= 0.3 is 12.2 Å². The lowest BCUT2D eigenvalue weighted by atomic mass is 10.1. The molecule has 0 saturated heterocycles. The number of ether oxygens (including phenoxy) is 2. The molecule has 2 aromatic heterocycles. The fraction of sp³-hybridized carbons (Fsp3) is 0.375. The van der Waals surface area contributed by atoms with E-state index in [0.717, 1.165) is 24.0 Å². The van der Waals surface area contributed by atoms with E-state index in [0.29, 0.717) is 36.1 Å².